The molecule has 7 heteroatoms. The molecule has 0 bridgehead atoms. The Morgan fingerprint density at radius 1 is 1.14 bits per heavy atom. The normalized spacial score (nSPS) is 13.9. The lowest BCUT2D eigenvalue weighted by Gasteiger charge is -2.35. The van der Waals surface area contributed by atoms with Crippen LogP contribution in [0.1, 0.15) is 0 Å². The Balaban J connectivity index is 1.75. The maximum absolute atomic E-state index is 14.3. The van der Waals surface area contributed by atoms with Gasteiger partial charge in [-0.3, -0.25) is 4.79 Å². The van der Waals surface area contributed by atoms with Gasteiger partial charge in [-0.1, -0.05) is 24.8 Å². The summed E-state index contributed by atoms with van der Waals surface area (Å²) >= 11 is 0. The van der Waals surface area contributed by atoms with Crippen LogP contribution in [0.5, 0.6) is 0 Å². The number of amides is 1. The van der Waals surface area contributed by atoms with Crippen LogP contribution in [0, 0.1) is 12.4 Å². The molecule has 0 saturated carbocycles. The van der Waals surface area contributed by atoms with Crippen LogP contribution in [0.25, 0.3) is 26.9 Å². The van der Waals surface area contributed by atoms with Gasteiger partial charge in [-0.2, -0.15) is 0 Å². The zero-order valence-electron chi connectivity index (χ0n) is 15.7. The first-order valence-electron chi connectivity index (χ1n) is 9.20. The number of piperazine rings is 1. The van der Waals surface area contributed by atoms with Crippen LogP contribution >= 0.6 is 0 Å². The Morgan fingerprint density at radius 2 is 1.90 bits per heavy atom. The van der Waals surface area contributed by atoms with Gasteiger partial charge in [0.05, 0.1) is 12.1 Å². The van der Waals surface area contributed by atoms with Crippen LogP contribution < -0.4 is 4.90 Å². The number of carbonyl (C=O) groups is 1. The Morgan fingerprint density at radius 3 is 2.59 bits per heavy atom. The van der Waals surface area contributed by atoms with Crippen molar-refractivity contribution >= 4 is 28.3 Å². The van der Waals surface area contributed by atoms with Crippen molar-refractivity contribution in [2.45, 2.75) is 0 Å². The number of benzene rings is 2. The standard InChI is InChI=1S/C22H18FN5O/c1-3-21(29)27-8-10-28(11-9-27)22-17-13-19(24-2)16(12-20(17)25-14-26-22)15-6-4-5-7-18(15)23/h3-7,12-14H,1,8-11H2. The highest BCUT2D eigenvalue weighted by atomic mass is 19.1. The van der Waals surface area contributed by atoms with Crippen LogP contribution in [0.3, 0.4) is 0 Å². The molecule has 1 saturated heterocycles. The lowest BCUT2D eigenvalue weighted by Crippen LogP contribution is -2.48. The first kappa shape index (κ1) is 18.6. The molecule has 0 N–H and O–H groups in total. The molecule has 1 aromatic heterocycles. The zero-order chi connectivity index (χ0) is 20.4. The predicted molar refractivity (Wildman–Crippen MR) is 110 cm³/mol. The van der Waals surface area contributed by atoms with E-state index in [0.29, 0.717) is 54.3 Å². The summed E-state index contributed by atoms with van der Waals surface area (Å²) in [6.07, 6.45) is 2.80. The van der Waals surface area contributed by atoms with Crippen LogP contribution in [-0.2, 0) is 4.79 Å². The quantitative estimate of drug-likeness (QED) is 0.506. The topological polar surface area (TPSA) is 53.7 Å². The largest absolute Gasteiger partial charge is 0.352 e. The molecule has 4 rings (SSSR count). The highest BCUT2D eigenvalue weighted by Gasteiger charge is 2.22. The van der Waals surface area contributed by atoms with E-state index < -0.39 is 0 Å². The van der Waals surface area contributed by atoms with Crippen molar-refractivity contribution in [1.29, 1.82) is 0 Å². The van der Waals surface area contributed by atoms with Crippen molar-refractivity contribution < 1.29 is 9.18 Å². The van der Waals surface area contributed by atoms with E-state index >= 15 is 0 Å². The summed E-state index contributed by atoms with van der Waals surface area (Å²) in [6, 6.07) is 9.86. The fraction of sp³-hybridized carbons (Fsp3) is 0.182. The Hall–Kier alpha value is -3.79. The van der Waals surface area contributed by atoms with Gasteiger partial charge in [0.2, 0.25) is 5.91 Å². The first-order chi connectivity index (χ1) is 14.1. The molecule has 3 aromatic rings. The molecule has 6 nitrogen and oxygen atoms in total. The number of halogens is 1. The molecular formula is C22H18FN5O. The van der Waals surface area contributed by atoms with E-state index in [1.807, 2.05) is 0 Å². The number of fused-ring (bicyclic) bond motifs is 1. The minimum atomic E-state index is -0.381. The monoisotopic (exact) mass is 387 g/mol. The number of anilines is 1. The predicted octanol–water partition coefficient (Wildman–Crippen LogP) is 3.82. The van der Waals surface area contributed by atoms with Crippen LogP contribution in [-0.4, -0.2) is 47.0 Å². The second-order valence-electron chi connectivity index (χ2n) is 6.69. The fourth-order valence-electron chi connectivity index (χ4n) is 3.59. The van der Waals surface area contributed by atoms with Crippen molar-refractivity contribution in [3.8, 4) is 11.1 Å². The van der Waals surface area contributed by atoms with Gasteiger partial charge in [0.25, 0.3) is 0 Å². The molecule has 0 atom stereocenters. The van der Waals surface area contributed by atoms with Crippen molar-refractivity contribution in [3.05, 3.63) is 72.6 Å². The summed E-state index contributed by atoms with van der Waals surface area (Å²) in [6.45, 7) is 13.5. The summed E-state index contributed by atoms with van der Waals surface area (Å²) < 4.78 is 14.3. The molecule has 0 unspecified atom stereocenters. The molecular weight excluding hydrogens is 369 g/mol. The maximum atomic E-state index is 14.3. The highest BCUT2D eigenvalue weighted by molar-refractivity contribution is 5.98. The molecule has 1 amide bonds. The number of carbonyl (C=O) groups excluding carboxylic acids is 1. The Labute approximate surface area is 167 Å². The molecule has 0 aliphatic carbocycles. The molecule has 1 fully saturated rings. The summed E-state index contributed by atoms with van der Waals surface area (Å²) in [5.41, 5.74) is 1.87. The number of aromatic nitrogens is 2. The van der Waals surface area contributed by atoms with Gasteiger partial charge in [0, 0.05) is 37.1 Å². The number of hydrogen-bond donors (Lipinski definition) is 0. The minimum absolute atomic E-state index is 0.0815. The summed E-state index contributed by atoms with van der Waals surface area (Å²) in [7, 11) is 0. The van der Waals surface area contributed by atoms with Gasteiger partial charge in [-0.25, -0.2) is 19.2 Å². The Bertz CT molecular complexity index is 1150. The number of nitrogens with zero attached hydrogens (tertiary/aromatic N) is 5. The SMILES string of the molecule is [C-]#[N+]c1cc2c(N3CCN(C(=O)C=C)CC3)ncnc2cc1-c1ccccc1F. The van der Waals surface area contributed by atoms with Gasteiger partial charge in [-0.05, 0) is 29.8 Å². The molecule has 1 aliphatic rings. The second kappa shape index (κ2) is 7.68. The van der Waals surface area contributed by atoms with E-state index in [1.165, 1.54) is 18.5 Å². The van der Waals surface area contributed by atoms with Gasteiger partial charge in [-0.15, -0.1) is 0 Å². The van der Waals surface area contributed by atoms with Crippen molar-refractivity contribution in [3.63, 3.8) is 0 Å². The van der Waals surface area contributed by atoms with Crippen molar-refractivity contribution in [1.82, 2.24) is 14.9 Å². The highest BCUT2D eigenvalue weighted by Crippen LogP contribution is 2.37. The lowest BCUT2D eigenvalue weighted by molar-refractivity contribution is -0.126. The summed E-state index contributed by atoms with van der Waals surface area (Å²) in [5, 5.41) is 0.738. The van der Waals surface area contributed by atoms with Gasteiger partial charge >= 0.3 is 0 Å². The van der Waals surface area contributed by atoms with E-state index in [1.54, 1.807) is 35.2 Å². The molecule has 0 radical (unpaired) electrons. The van der Waals surface area contributed by atoms with Gasteiger partial charge in [0.1, 0.15) is 18.0 Å². The zero-order valence-corrected chi connectivity index (χ0v) is 15.7. The number of hydrogen-bond acceptors (Lipinski definition) is 4. The summed E-state index contributed by atoms with van der Waals surface area (Å²) in [4.78, 5) is 28.0. The van der Waals surface area contributed by atoms with Crippen LogP contribution in [0.2, 0.25) is 0 Å². The Kier molecular flexibility index (Phi) is 4.92. The van der Waals surface area contributed by atoms with Crippen molar-refractivity contribution in [2.24, 2.45) is 0 Å². The third-order valence-electron chi connectivity index (χ3n) is 5.08. The minimum Gasteiger partial charge on any atom is -0.352 e. The van der Waals surface area contributed by atoms with E-state index in [9.17, 15) is 9.18 Å². The maximum Gasteiger partial charge on any atom is 0.246 e. The van der Waals surface area contributed by atoms with Crippen LogP contribution in [0.4, 0.5) is 15.9 Å². The third-order valence-corrected chi connectivity index (χ3v) is 5.08. The molecule has 144 valence electrons. The summed E-state index contributed by atoms with van der Waals surface area (Å²) in [5.74, 6) is 0.252. The molecule has 2 aromatic carbocycles. The smallest absolute Gasteiger partial charge is 0.246 e. The molecule has 1 aliphatic heterocycles. The average molecular weight is 387 g/mol. The van der Waals surface area contributed by atoms with E-state index in [2.05, 4.69) is 26.3 Å². The van der Waals surface area contributed by atoms with Crippen LogP contribution in [0.15, 0.2) is 55.4 Å². The third kappa shape index (κ3) is 3.41. The fourth-order valence-corrected chi connectivity index (χ4v) is 3.59. The van der Waals surface area contributed by atoms with Crippen molar-refractivity contribution in [2.75, 3.05) is 31.1 Å². The number of rotatable bonds is 3. The average Bonchev–Trinajstić information content (AvgIpc) is 2.77. The van der Waals surface area contributed by atoms with E-state index in [-0.39, 0.29) is 11.7 Å². The second-order valence-corrected chi connectivity index (χ2v) is 6.69. The van der Waals surface area contributed by atoms with E-state index in [0.717, 1.165) is 5.39 Å². The molecule has 0 spiro atoms. The lowest BCUT2D eigenvalue weighted by atomic mass is 10.0. The van der Waals surface area contributed by atoms with Gasteiger partial charge < -0.3 is 9.80 Å². The molecule has 29 heavy (non-hydrogen) atoms. The first-order valence-corrected chi connectivity index (χ1v) is 9.20. The van der Waals surface area contributed by atoms with Gasteiger partial charge in [0.15, 0.2) is 5.69 Å². The van der Waals surface area contributed by atoms with E-state index in [4.69, 9.17) is 6.57 Å². The molecule has 2 heterocycles.